The van der Waals surface area contributed by atoms with Gasteiger partial charge in [-0.05, 0) is 64.7 Å². The van der Waals surface area contributed by atoms with Gasteiger partial charge in [0.2, 0.25) is 0 Å². The lowest BCUT2D eigenvalue weighted by Crippen LogP contribution is -1.96. The Kier molecular flexibility index (Phi) is 4.93. The van der Waals surface area contributed by atoms with Gasteiger partial charge in [-0.25, -0.2) is 0 Å². The van der Waals surface area contributed by atoms with Crippen molar-refractivity contribution in [3.63, 3.8) is 0 Å². The first-order valence-corrected chi connectivity index (χ1v) is 14.4. The fraction of sp³-hybridized carbons (Fsp3) is 0. The zero-order chi connectivity index (χ0) is 27.6. The fourth-order valence-corrected chi connectivity index (χ4v) is 6.65. The van der Waals surface area contributed by atoms with Crippen LogP contribution in [0.25, 0.3) is 82.5 Å². The quantitative estimate of drug-likeness (QED) is 0.220. The first kappa shape index (κ1) is 23.1. The molecule has 9 rings (SSSR count). The molecule has 0 atom stereocenters. The number of benzene rings is 7. The molecule has 2 heterocycles. The van der Waals surface area contributed by atoms with Gasteiger partial charge in [-0.3, -0.25) is 0 Å². The molecule has 0 fully saturated rings. The lowest BCUT2D eigenvalue weighted by atomic mass is 9.97. The van der Waals surface area contributed by atoms with Crippen molar-refractivity contribution in [3.8, 4) is 27.9 Å². The number of nitrogens with zero attached hydrogens (tertiary/aromatic N) is 1. The Morgan fingerprint density at radius 2 is 0.905 bits per heavy atom. The second kappa shape index (κ2) is 8.95. The van der Waals surface area contributed by atoms with Gasteiger partial charge >= 0.3 is 0 Å². The van der Waals surface area contributed by atoms with E-state index in [0.717, 1.165) is 33.0 Å². The Balaban J connectivity index is 1.42. The van der Waals surface area contributed by atoms with E-state index in [4.69, 9.17) is 4.42 Å². The second-order valence-corrected chi connectivity index (χ2v) is 11.0. The zero-order valence-corrected chi connectivity index (χ0v) is 22.8. The Bertz CT molecular complexity index is 2390. The van der Waals surface area contributed by atoms with Crippen LogP contribution in [0.15, 0.2) is 156 Å². The number of fused-ring (bicyclic) bond motifs is 9. The van der Waals surface area contributed by atoms with Crippen molar-refractivity contribution < 1.29 is 4.42 Å². The molecule has 0 N–H and O–H groups in total. The van der Waals surface area contributed by atoms with Crippen molar-refractivity contribution in [1.29, 1.82) is 0 Å². The normalized spacial score (nSPS) is 11.8. The summed E-state index contributed by atoms with van der Waals surface area (Å²) in [4.78, 5) is 0. The lowest BCUT2D eigenvalue weighted by molar-refractivity contribution is 0.672. The molecule has 0 saturated carbocycles. The van der Waals surface area contributed by atoms with Crippen LogP contribution in [0.3, 0.4) is 0 Å². The number of hydrogen-bond donors (Lipinski definition) is 0. The molecule has 0 radical (unpaired) electrons. The van der Waals surface area contributed by atoms with Crippen molar-refractivity contribution in [2.45, 2.75) is 0 Å². The van der Waals surface area contributed by atoms with E-state index in [1.807, 2.05) is 6.07 Å². The largest absolute Gasteiger partial charge is 0.455 e. The van der Waals surface area contributed by atoms with E-state index < -0.39 is 0 Å². The first-order valence-electron chi connectivity index (χ1n) is 14.4. The highest BCUT2D eigenvalue weighted by Gasteiger charge is 2.19. The fourth-order valence-electron chi connectivity index (χ4n) is 6.65. The van der Waals surface area contributed by atoms with Crippen molar-refractivity contribution in [1.82, 2.24) is 4.57 Å². The van der Waals surface area contributed by atoms with Gasteiger partial charge in [-0.15, -0.1) is 0 Å². The summed E-state index contributed by atoms with van der Waals surface area (Å²) in [6.45, 7) is 0. The van der Waals surface area contributed by atoms with Crippen LogP contribution in [0.1, 0.15) is 0 Å². The standard InChI is InChI=1S/C40H25NO/c1-3-11-26(12-4-1)28-23-29(27-13-5-2-6-14-27)25-30(24-28)41-37-17-9-7-15-31(37)33-19-22-36-34(39(33)41)20-21-35-32-16-8-10-18-38(32)42-40(35)36/h1-25H. The summed E-state index contributed by atoms with van der Waals surface area (Å²) in [5, 5.41) is 7.09. The SMILES string of the molecule is c1ccc(-c2cc(-c3ccccc3)cc(-n3c4ccccc4c4ccc5c(ccc6c7ccccc7oc65)c43)c2)cc1. The van der Waals surface area contributed by atoms with E-state index in [-0.39, 0.29) is 0 Å². The smallest absolute Gasteiger partial charge is 0.143 e. The predicted octanol–water partition coefficient (Wildman–Crippen LogP) is 11.2. The van der Waals surface area contributed by atoms with Gasteiger partial charge in [0.25, 0.3) is 0 Å². The van der Waals surface area contributed by atoms with E-state index >= 15 is 0 Å². The average molecular weight is 536 g/mol. The van der Waals surface area contributed by atoms with Crippen molar-refractivity contribution >= 4 is 54.5 Å². The van der Waals surface area contributed by atoms with Gasteiger partial charge in [0.15, 0.2) is 0 Å². The summed E-state index contributed by atoms with van der Waals surface area (Å²) >= 11 is 0. The molecule has 0 aliphatic rings. The van der Waals surface area contributed by atoms with Gasteiger partial charge in [0.1, 0.15) is 11.2 Å². The highest BCUT2D eigenvalue weighted by atomic mass is 16.3. The van der Waals surface area contributed by atoms with Gasteiger partial charge in [-0.1, -0.05) is 109 Å². The number of rotatable bonds is 3. The molecule has 0 saturated heterocycles. The monoisotopic (exact) mass is 535 g/mol. The minimum absolute atomic E-state index is 0.920. The van der Waals surface area contributed by atoms with Gasteiger partial charge in [0, 0.05) is 38.0 Å². The van der Waals surface area contributed by atoms with E-state index in [9.17, 15) is 0 Å². The minimum Gasteiger partial charge on any atom is -0.455 e. The Morgan fingerprint density at radius 1 is 0.381 bits per heavy atom. The summed E-state index contributed by atoms with van der Waals surface area (Å²) in [7, 11) is 0. The van der Waals surface area contributed by atoms with Crippen LogP contribution in [0.5, 0.6) is 0 Å². The predicted molar refractivity (Wildman–Crippen MR) is 176 cm³/mol. The van der Waals surface area contributed by atoms with Crippen LogP contribution < -0.4 is 0 Å². The van der Waals surface area contributed by atoms with Crippen LogP contribution in [0, 0.1) is 0 Å². The third kappa shape index (κ3) is 3.39. The first-order chi connectivity index (χ1) is 20.8. The molecular formula is C40H25NO. The molecule has 0 bridgehead atoms. The molecule has 2 nitrogen and oxygen atoms in total. The Labute approximate surface area is 242 Å². The maximum atomic E-state index is 6.48. The molecule has 42 heavy (non-hydrogen) atoms. The number of hydrogen-bond acceptors (Lipinski definition) is 1. The molecule has 0 unspecified atom stereocenters. The zero-order valence-electron chi connectivity index (χ0n) is 22.8. The third-order valence-corrected chi connectivity index (χ3v) is 8.56. The molecule has 0 amide bonds. The molecule has 0 spiro atoms. The van der Waals surface area contributed by atoms with E-state index in [2.05, 4.69) is 150 Å². The van der Waals surface area contributed by atoms with Gasteiger partial charge in [0.05, 0.1) is 11.0 Å². The summed E-state index contributed by atoms with van der Waals surface area (Å²) in [5.41, 5.74) is 10.2. The maximum absolute atomic E-state index is 6.48. The molecular weight excluding hydrogens is 510 g/mol. The summed E-state index contributed by atoms with van der Waals surface area (Å²) in [5.74, 6) is 0. The Morgan fingerprint density at radius 3 is 1.60 bits per heavy atom. The molecule has 2 aromatic heterocycles. The van der Waals surface area contributed by atoms with Gasteiger partial charge in [-0.2, -0.15) is 0 Å². The topological polar surface area (TPSA) is 18.1 Å². The molecule has 196 valence electrons. The average Bonchev–Trinajstić information content (AvgIpc) is 3.62. The highest BCUT2D eigenvalue weighted by molar-refractivity contribution is 6.24. The number of furan rings is 1. The van der Waals surface area contributed by atoms with Crippen LogP contribution in [-0.2, 0) is 0 Å². The van der Waals surface area contributed by atoms with Gasteiger partial charge < -0.3 is 8.98 Å². The third-order valence-electron chi connectivity index (χ3n) is 8.56. The Hall–Kier alpha value is -5.60. The van der Waals surface area contributed by atoms with Crippen LogP contribution >= 0.6 is 0 Å². The van der Waals surface area contributed by atoms with Crippen LogP contribution in [0.4, 0.5) is 0 Å². The van der Waals surface area contributed by atoms with Crippen molar-refractivity contribution in [2.24, 2.45) is 0 Å². The molecule has 7 aromatic carbocycles. The molecule has 9 aromatic rings. The molecule has 0 aliphatic heterocycles. The van der Waals surface area contributed by atoms with E-state index in [0.29, 0.717) is 0 Å². The minimum atomic E-state index is 0.920. The van der Waals surface area contributed by atoms with E-state index in [1.54, 1.807) is 0 Å². The van der Waals surface area contributed by atoms with Crippen molar-refractivity contribution in [2.75, 3.05) is 0 Å². The number of para-hydroxylation sites is 2. The number of aromatic nitrogens is 1. The summed E-state index contributed by atoms with van der Waals surface area (Å²) in [6, 6.07) is 54.3. The highest BCUT2D eigenvalue weighted by Crippen LogP contribution is 2.42. The summed E-state index contributed by atoms with van der Waals surface area (Å²) < 4.78 is 8.92. The summed E-state index contributed by atoms with van der Waals surface area (Å²) in [6.07, 6.45) is 0. The van der Waals surface area contributed by atoms with E-state index in [1.165, 1.54) is 49.4 Å². The maximum Gasteiger partial charge on any atom is 0.143 e. The van der Waals surface area contributed by atoms with Crippen LogP contribution in [-0.4, -0.2) is 4.57 Å². The molecule has 2 heteroatoms. The lowest BCUT2D eigenvalue weighted by Gasteiger charge is -2.15. The van der Waals surface area contributed by atoms with Crippen molar-refractivity contribution in [3.05, 3.63) is 152 Å². The molecule has 0 aliphatic carbocycles. The van der Waals surface area contributed by atoms with Crippen LogP contribution in [0.2, 0.25) is 0 Å². The second-order valence-electron chi connectivity index (χ2n) is 11.0.